The highest BCUT2D eigenvalue weighted by atomic mass is 16.7. The summed E-state index contributed by atoms with van der Waals surface area (Å²) in [5, 5.41) is 0. The van der Waals surface area contributed by atoms with Crippen LogP contribution in [-0.2, 0) is 52.4 Å². The Hall–Kier alpha value is -3.47. The van der Waals surface area contributed by atoms with Gasteiger partial charge in [0.05, 0.1) is 5.57 Å². The van der Waals surface area contributed by atoms with Crippen LogP contribution in [0.5, 0.6) is 0 Å². The molecule has 0 aromatic rings. The Balaban J connectivity index is 2.13. The van der Waals surface area contributed by atoms with Gasteiger partial charge in [-0.15, -0.1) is 0 Å². The van der Waals surface area contributed by atoms with Gasteiger partial charge in [0.25, 0.3) is 0 Å². The van der Waals surface area contributed by atoms with Crippen LogP contribution in [0.15, 0.2) is 34.9 Å². The van der Waals surface area contributed by atoms with Crippen LogP contribution in [0, 0.1) is 0 Å². The van der Waals surface area contributed by atoms with Gasteiger partial charge in [-0.05, 0) is 25.5 Å². The maximum Gasteiger partial charge on any atom is 0.338 e. The maximum atomic E-state index is 12.9. The van der Waals surface area contributed by atoms with Crippen molar-refractivity contribution in [2.75, 3.05) is 13.2 Å². The van der Waals surface area contributed by atoms with E-state index < -0.39 is 59.9 Å². The molecule has 0 amide bonds. The monoisotopic (exact) mass is 506 g/mol. The molecule has 0 bridgehead atoms. The van der Waals surface area contributed by atoms with Gasteiger partial charge in [0, 0.05) is 44.8 Å². The van der Waals surface area contributed by atoms with Crippen molar-refractivity contribution in [3.8, 4) is 0 Å². The minimum atomic E-state index is -1.08. The van der Waals surface area contributed by atoms with Crippen molar-refractivity contribution in [3.05, 3.63) is 34.9 Å². The van der Waals surface area contributed by atoms with Crippen LogP contribution in [0.1, 0.15) is 47.5 Å². The second-order valence-corrected chi connectivity index (χ2v) is 9.23. The van der Waals surface area contributed by atoms with E-state index in [1.54, 1.807) is 13.0 Å². The average molecular weight is 507 g/mol. The summed E-state index contributed by atoms with van der Waals surface area (Å²) in [4.78, 5) is 60.2. The predicted octanol–water partition coefficient (Wildman–Crippen LogP) is 1.63. The molecule has 11 nitrogen and oxygen atoms in total. The molecule has 0 spiro atoms. The Morgan fingerprint density at radius 3 is 2.25 bits per heavy atom. The molecule has 3 aliphatic rings. The topological polar surface area (TPSA) is 144 Å². The first-order valence-electron chi connectivity index (χ1n) is 11.4. The number of epoxide rings is 1. The van der Waals surface area contributed by atoms with Crippen LogP contribution in [0.2, 0.25) is 0 Å². The van der Waals surface area contributed by atoms with Crippen LogP contribution >= 0.6 is 0 Å². The van der Waals surface area contributed by atoms with Gasteiger partial charge in [0.1, 0.15) is 37.1 Å². The number of carbonyl (C=O) groups is 5. The fourth-order valence-electron chi connectivity index (χ4n) is 4.32. The molecular weight excluding hydrogens is 476 g/mol. The van der Waals surface area contributed by atoms with Gasteiger partial charge >= 0.3 is 29.8 Å². The van der Waals surface area contributed by atoms with E-state index in [0.717, 1.165) is 0 Å². The minimum Gasteiger partial charge on any atom is -0.461 e. The lowest BCUT2D eigenvalue weighted by Gasteiger charge is -2.27. The van der Waals surface area contributed by atoms with E-state index in [2.05, 4.69) is 6.58 Å². The van der Waals surface area contributed by atoms with Crippen molar-refractivity contribution in [1.29, 1.82) is 0 Å². The van der Waals surface area contributed by atoms with Crippen molar-refractivity contribution < 1.29 is 52.4 Å². The summed E-state index contributed by atoms with van der Waals surface area (Å²) in [7, 11) is 0. The summed E-state index contributed by atoms with van der Waals surface area (Å²) in [6, 6.07) is 0. The first-order valence-corrected chi connectivity index (χ1v) is 11.4. The van der Waals surface area contributed by atoms with Crippen LogP contribution in [-0.4, -0.2) is 73.1 Å². The van der Waals surface area contributed by atoms with Gasteiger partial charge in [-0.3, -0.25) is 14.4 Å². The first kappa shape index (κ1) is 27.1. The zero-order valence-electron chi connectivity index (χ0n) is 20.9. The Morgan fingerprint density at radius 1 is 1.03 bits per heavy atom. The standard InChI is InChI=1S/C25H30O11/c1-12(2)23(29)34-19-8-16(10-31-13(3)26)7-17(33-15(5)28)9-25(6)22(36-25)21-20(19)18(24(30)35-21)11-32-14(4)27/h7,17,19,21-22H,1,8-11H2,2-6H3. The van der Waals surface area contributed by atoms with Gasteiger partial charge in [0.2, 0.25) is 0 Å². The third kappa shape index (κ3) is 6.39. The molecule has 0 aromatic heterocycles. The summed E-state index contributed by atoms with van der Waals surface area (Å²) in [6.45, 7) is 10.0. The molecule has 1 aliphatic carbocycles. The van der Waals surface area contributed by atoms with Crippen molar-refractivity contribution >= 4 is 29.8 Å². The number of carbonyl (C=O) groups excluding carboxylic acids is 5. The number of hydrogen-bond acceptors (Lipinski definition) is 11. The van der Waals surface area contributed by atoms with Gasteiger partial charge in [0.15, 0.2) is 6.10 Å². The molecule has 5 atom stereocenters. The summed E-state index contributed by atoms with van der Waals surface area (Å²) in [5.74, 6) is -3.13. The molecule has 2 heterocycles. The molecule has 3 rings (SSSR count). The zero-order valence-corrected chi connectivity index (χ0v) is 20.9. The number of esters is 5. The maximum absolute atomic E-state index is 12.9. The van der Waals surface area contributed by atoms with Gasteiger partial charge in [-0.25, -0.2) is 9.59 Å². The van der Waals surface area contributed by atoms with Crippen molar-refractivity contribution in [1.82, 2.24) is 0 Å². The lowest BCUT2D eigenvalue weighted by Crippen LogP contribution is -2.36. The van der Waals surface area contributed by atoms with E-state index in [-0.39, 0.29) is 37.2 Å². The van der Waals surface area contributed by atoms with Gasteiger partial charge < -0.3 is 28.4 Å². The third-order valence-corrected chi connectivity index (χ3v) is 5.97. The number of ether oxygens (including phenoxy) is 6. The fourth-order valence-corrected chi connectivity index (χ4v) is 4.32. The SMILES string of the molecule is C=C(C)C(=O)OC1CC(COC(C)=O)=CC(OC(C)=O)CC2(C)OC2C2OC(=O)C(COC(C)=O)=C12. The van der Waals surface area contributed by atoms with Crippen LogP contribution in [0.25, 0.3) is 0 Å². The van der Waals surface area contributed by atoms with E-state index in [9.17, 15) is 24.0 Å². The van der Waals surface area contributed by atoms with Gasteiger partial charge in [-0.1, -0.05) is 6.58 Å². The largest absolute Gasteiger partial charge is 0.461 e. The van der Waals surface area contributed by atoms with E-state index in [0.29, 0.717) is 11.1 Å². The molecule has 0 aromatic carbocycles. The Bertz CT molecular complexity index is 1050. The second kappa shape index (κ2) is 10.7. The van der Waals surface area contributed by atoms with Crippen LogP contribution in [0.3, 0.4) is 0 Å². The van der Waals surface area contributed by atoms with Crippen LogP contribution in [0.4, 0.5) is 0 Å². The minimum absolute atomic E-state index is 0.0282. The molecular formula is C25H30O11. The Morgan fingerprint density at radius 2 is 1.67 bits per heavy atom. The first-order chi connectivity index (χ1) is 16.8. The second-order valence-electron chi connectivity index (χ2n) is 9.23. The van der Waals surface area contributed by atoms with Crippen LogP contribution < -0.4 is 0 Å². The summed E-state index contributed by atoms with van der Waals surface area (Å²) in [5.41, 5.74) is 0.0694. The number of hydrogen-bond donors (Lipinski definition) is 0. The fraction of sp³-hybridized carbons (Fsp3) is 0.560. The molecule has 5 unspecified atom stereocenters. The molecule has 1 saturated heterocycles. The molecule has 2 aliphatic heterocycles. The summed E-state index contributed by atoms with van der Waals surface area (Å²) < 4.78 is 33.0. The molecule has 196 valence electrons. The number of fused-ring (bicyclic) bond motifs is 3. The normalized spacial score (nSPS) is 29.0. The molecule has 0 saturated carbocycles. The average Bonchev–Trinajstić information content (AvgIpc) is 3.29. The highest BCUT2D eigenvalue weighted by Crippen LogP contribution is 2.49. The highest BCUT2D eigenvalue weighted by Gasteiger charge is 2.62. The molecule has 36 heavy (non-hydrogen) atoms. The molecule has 11 heteroatoms. The summed E-state index contributed by atoms with van der Waals surface area (Å²) >= 11 is 0. The lowest BCUT2D eigenvalue weighted by molar-refractivity contribution is -0.145. The third-order valence-electron chi connectivity index (χ3n) is 5.97. The Labute approximate surface area is 208 Å². The molecule has 1 fully saturated rings. The van der Waals surface area contributed by atoms with E-state index in [1.165, 1.54) is 27.7 Å². The quantitative estimate of drug-likeness (QED) is 0.163. The molecule has 0 N–H and O–H groups in total. The van der Waals surface area contributed by atoms with E-state index in [1.807, 2.05) is 0 Å². The van der Waals surface area contributed by atoms with E-state index in [4.69, 9.17) is 28.4 Å². The Kier molecular flexibility index (Phi) is 8.02. The van der Waals surface area contributed by atoms with Gasteiger partial charge in [-0.2, -0.15) is 0 Å². The highest BCUT2D eigenvalue weighted by molar-refractivity contribution is 5.94. The summed E-state index contributed by atoms with van der Waals surface area (Å²) in [6.07, 6.45) is -1.57. The predicted molar refractivity (Wildman–Crippen MR) is 121 cm³/mol. The molecule has 0 radical (unpaired) electrons. The smallest absolute Gasteiger partial charge is 0.338 e. The van der Waals surface area contributed by atoms with E-state index >= 15 is 0 Å². The lowest BCUT2D eigenvalue weighted by atomic mass is 9.86. The van der Waals surface area contributed by atoms with Crippen molar-refractivity contribution in [2.45, 2.75) is 77.5 Å². The van der Waals surface area contributed by atoms with Crippen molar-refractivity contribution in [3.63, 3.8) is 0 Å². The number of rotatable bonds is 7. The zero-order chi connectivity index (χ0) is 26.8. The van der Waals surface area contributed by atoms with Crippen molar-refractivity contribution in [2.24, 2.45) is 0 Å².